The first kappa shape index (κ1) is 16.0. The minimum absolute atomic E-state index is 0.0721. The van der Waals surface area contributed by atoms with Gasteiger partial charge < -0.3 is 16.3 Å². The van der Waals surface area contributed by atoms with Crippen molar-refractivity contribution in [2.75, 3.05) is 5.32 Å². The Kier molecular flexibility index (Phi) is 4.73. The quantitative estimate of drug-likeness (QED) is 0.326. The van der Waals surface area contributed by atoms with Crippen molar-refractivity contribution in [2.45, 2.75) is 25.7 Å². The van der Waals surface area contributed by atoms with Crippen LogP contribution in [0.25, 0.3) is 0 Å². The van der Waals surface area contributed by atoms with Gasteiger partial charge in [0, 0.05) is 4.47 Å². The van der Waals surface area contributed by atoms with E-state index in [1.54, 1.807) is 0 Å². The smallest absolute Gasteiger partial charge is 0.238 e. The van der Waals surface area contributed by atoms with Gasteiger partial charge in [0.25, 0.3) is 0 Å². The number of hydrogen-bond donors (Lipinski definition) is 3. The molecule has 1 aromatic rings. The molecular weight excluding hydrogens is 365 g/mol. The first-order valence-electron chi connectivity index (χ1n) is 6.35. The van der Waals surface area contributed by atoms with Gasteiger partial charge in [0.1, 0.15) is 11.2 Å². The third kappa shape index (κ3) is 2.98. The normalized spacial score (nSPS) is 17.8. The van der Waals surface area contributed by atoms with Crippen LogP contribution < -0.4 is 11.1 Å². The largest absolute Gasteiger partial charge is 0.409 e. The van der Waals surface area contributed by atoms with E-state index in [2.05, 4.69) is 26.4 Å². The maximum Gasteiger partial charge on any atom is 0.238 e. The molecule has 114 valence electrons. The number of hydrogen-bond acceptors (Lipinski definition) is 3. The Morgan fingerprint density at radius 2 is 2.10 bits per heavy atom. The number of amidine groups is 1. The molecule has 0 aromatic heterocycles. The Labute approximate surface area is 134 Å². The summed E-state index contributed by atoms with van der Waals surface area (Å²) >= 11 is 9.11. The van der Waals surface area contributed by atoms with Crippen LogP contribution in [0.2, 0.25) is 5.02 Å². The summed E-state index contributed by atoms with van der Waals surface area (Å²) in [5.74, 6) is -1.05. The van der Waals surface area contributed by atoms with Gasteiger partial charge in [-0.1, -0.05) is 29.6 Å². The van der Waals surface area contributed by atoms with Gasteiger partial charge >= 0.3 is 0 Å². The minimum atomic E-state index is -1.05. The van der Waals surface area contributed by atoms with E-state index in [4.69, 9.17) is 22.5 Å². The number of benzene rings is 1. The second kappa shape index (κ2) is 6.19. The molecule has 8 heteroatoms. The predicted octanol–water partition coefficient (Wildman–Crippen LogP) is 3.49. The molecule has 0 unspecified atom stereocenters. The predicted molar refractivity (Wildman–Crippen MR) is 82.0 cm³/mol. The molecule has 1 fully saturated rings. The lowest BCUT2D eigenvalue weighted by atomic mass is 9.83. The second-order valence-corrected chi connectivity index (χ2v) is 6.23. The summed E-state index contributed by atoms with van der Waals surface area (Å²) in [5, 5.41) is 14.6. The molecule has 0 heterocycles. The fourth-order valence-electron chi connectivity index (χ4n) is 2.57. The van der Waals surface area contributed by atoms with Crippen LogP contribution in [-0.4, -0.2) is 17.0 Å². The van der Waals surface area contributed by atoms with E-state index in [-0.39, 0.29) is 16.5 Å². The van der Waals surface area contributed by atoms with Crippen LogP contribution in [0, 0.1) is 11.2 Å². The molecule has 1 aliphatic rings. The number of nitrogens with one attached hydrogen (secondary N) is 1. The van der Waals surface area contributed by atoms with Crippen molar-refractivity contribution >= 4 is 45.0 Å². The lowest BCUT2D eigenvalue weighted by molar-refractivity contribution is -0.122. The lowest BCUT2D eigenvalue weighted by Gasteiger charge is -2.26. The number of anilines is 1. The second-order valence-electron chi connectivity index (χ2n) is 4.97. The molecule has 0 saturated heterocycles. The van der Waals surface area contributed by atoms with Crippen LogP contribution in [0.1, 0.15) is 25.7 Å². The molecule has 2 rings (SSSR count). The van der Waals surface area contributed by atoms with Crippen LogP contribution in [0.5, 0.6) is 0 Å². The average Bonchev–Trinajstić information content (AvgIpc) is 2.92. The summed E-state index contributed by atoms with van der Waals surface area (Å²) in [4.78, 5) is 12.6. The molecule has 21 heavy (non-hydrogen) atoms. The van der Waals surface area contributed by atoms with Crippen LogP contribution in [0.15, 0.2) is 21.8 Å². The van der Waals surface area contributed by atoms with Crippen molar-refractivity contribution in [3.63, 3.8) is 0 Å². The fourth-order valence-corrected chi connectivity index (χ4v) is 3.47. The molecule has 0 spiro atoms. The van der Waals surface area contributed by atoms with E-state index in [1.165, 1.54) is 6.07 Å². The number of rotatable bonds is 3. The zero-order chi connectivity index (χ0) is 15.6. The topological polar surface area (TPSA) is 87.7 Å². The third-order valence-electron chi connectivity index (χ3n) is 3.74. The van der Waals surface area contributed by atoms with Gasteiger partial charge in [0.2, 0.25) is 5.91 Å². The van der Waals surface area contributed by atoms with Gasteiger partial charge in [0.05, 0.1) is 10.7 Å². The van der Waals surface area contributed by atoms with Gasteiger partial charge in [-0.3, -0.25) is 4.79 Å². The van der Waals surface area contributed by atoms with Crippen molar-refractivity contribution in [2.24, 2.45) is 16.3 Å². The van der Waals surface area contributed by atoms with E-state index >= 15 is 0 Å². The highest BCUT2D eigenvalue weighted by Gasteiger charge is 2.45. The minimum Gasteiger partial charge on any atom is -0.409 e. The third-order valence-corrected chi connectivity index (χ3v) is 4.66. The van der Waals surface area contributed by atoms with E-state index in [1.807, 2.05) is 0 Å². The first-order chi connectivity index (χ1) is 9.90. The zero-order valence-corrected chi connectivity index (χ0v) is 13.3. The van der Waals surface area contributed by atoms with Crippen molar-refractivity contribution in [3.05, 3.63) is 27.4 Å². The summed E-state index contributed by atoms with van der Waals surface area (Å²) in [7, 11) is 0. The van der Waals surface area contributed by atoms with Crippen LogP contribution in [0.3, 0.4) is 0 Å². The van der Waals surface area contributed by atoms with Crippen LogP contribution >= 0.6 is 27.5 Å². The Bertz CT molecular complexity index is 580. The standard InChI is InChI=1S/C13H14BrClFN3O2/c14-8-5-7(16)6-9(15)10(8)18-12(20)13(11(17)19-21)3-1-2-4-13/h5-6,21H,1-4H2,(H2,17,19)(H,18,20). The van der Waals surface area contributed by atoms with Gasteiger partial charge in [-0.2, -0.15) is 0 Å². The van der Waals surface area contributed by atoms with Gasteiger partial charge in [0.15, 0.2) is 5.84 Å². The number of carbonyl (C=O) groups excluding carboxylic acids is 1. The average molecular weight is 379 g/mol. The molecule has 0 bridgehead atoms. The summed E-state index contributed by atoms with van der Waals surface area (Å²) in [6, 6.07) is 2.30. The van der Waals surface area contributed by atoms with Gasteiger partial charge in [-0.05, 0) is 40.9 Å². The fraction of sp³-hybridized carbons (Fsp3) is 0.385. The molecule has 1 amide bonds. The first-order valence-corrected chi connectivity index (χ1v) is 7.52. The number of nitrogens with zero attached hydrogens (tertiary/aromatic N) is 1. The van der Waals surface area contributed by atoms with Crippen LogP contribution in [0.4, 0.5) is 10.1 Å². The highest BCUT2D eigenvalue weighted by Crippen LogP contribution is 2.41. The number of amides is 1. The maximum atomic E-state index is 13.2. The number of nitrogens with two attached hydrogens (primary N) is 1. The molecule has 0 radical (unpaired) electrons. The highest BCUT2D eigenvalue weighted by atomic mass is 79.9. The van der Waals surface area contributed by atoms with Crippen molar-refractivity contribution in [3.8, 4) is 0 Å². The Hall–Kier alpha value is -1.34. The maximum absolute atomic E-state index is 13.2. The monoisotopic (exact) mass is 377 g/mol. The summed E-state index contributed by atoms with van der Waals surface area (Å²) in [6.07, 6.45) is 2.60. The molecule has 1 aromatic carbocycles. The van der Waals surface area contributed by atoms with E-state index in [9.17, 15) is 9.18 Å². The molecule has 5 nitrogen and oxygen atoms in total. The van der Waals surface area contributed by atoms with Gasteiger partial charge in [-0.15, -0.1) is 0 Å². The van der Waals surface area contributed by atoms with E-state index < -0.39 is 17.1 Å². The van der Waals surface area contributed by atoms with Crippen molar-refractivity contribution < 1.29 is 14.4 Å². The Morgan fingerprint density at radius 3 is 2.62 bits per heavy atom. The highest BCUT2D eigenvalue weighted by molar-refractivity contribution is 9.10. The summed E-state index contributed by atoms with van der Waals surface area (Å²) in [6.45, 7) is 0. The van der Waals surface area contributed by atoms with Crippen molar-refractivity contribution in [1.29, 1.82) is 0 Å². The van der Waals surface area contributed by atoms with E-state index in [0.29, 0.717) is 17.3 Å². The molecule has 0 aliphatic heterocycles. The molecule has 1 aliphatic carbocycles. The molecule has 0 atom stereocenters. The lowest BCUT2D eigenvalue weighted by Crippen LogP contribution is -2.45. The van der Waals surface area contributed by atoms with Gasteiger partial charge in [-0.25, -0.2) is 4.39 Å². The Morgan fingerprint density at radius 1 is 1.48 bits per heavy atom. The zero-order valence-electron chi connectivity index (χ0n) is 11.0. The number of carbonyl (C=O) groups is 1. The SMILES string of the molecule is NC(=NO)C1(C(=O)Nc2c(Cl)cc(F)cc2Br)CCCC1. The van der Waals surface area contributed by atoms with Crippen molar-refractivity contribution in [1.82, 2.24) is 0 Å². The van der Waals surface area contributed by atoms with E-state index in [0.717, 1.165) is 18.9 Å². The summed E-state index contributed by atoms with van der Waals surface area (Å²) in [5.41, 5.74) is 4.92. The molecular formula is C13H14BrClFN3O2. The number of oxime groups is 1. The Balaban J connectivity index is 2.33. The molecule has 1 saturated carbocycles. The van der Waals surface area contributed by atoms with Crippen LogP contribution in [-0.2, 0) is 4.79 Å². The summed E-state index contributed by atoms with van der Waals surface area (Å²) < 4.78 is 13.5. The molecule has 4 N–H and O–H groups in total. The number of halogens is 3.